The fourth-order valence-corrected chi connectivity index (χ4v) is 1.86. The van der Waals surface area contributed by atoms with Gasteiger partial charge < -0.3 is 14.8 Å². The zero-order valence-corrected chi connectivity index (χ0v) is 14.7. The highest BCUT2D eigenvalue weighted by molar-refractivity contribution is 5.75. The van der Waals surface area contributed by atoms with Gasteiger partial charge >= 0.3 is 0 Å². The Morgan fingerprint density at radius 3 is 2.19 bits per heavy atom. The summed E-state index contributed by atoms with van der Waals surface area (Å²) in [5.41, 5.74) is 0.0461. The molecule has 126 valence electrons. The molecule has 0 aliphatic rings. The van der Waals surface area contributed by atoms with Gasteiger partial charge in [0, 0.05) is 31.6 Å². The molecule has 21 heavy (non-hydrogen) atoms. The van der Waals surface area contributed by atoms with Crippen molar-refractivity contribution in [2.24, 2.45) is 11.3 Å². The second kappa shape index (κ2) is 12.0. The molecule has 0 spiro atoms. The number of nitrogens with one attached hydrogen (secondary N) is 1. The van der Waals surface area contributed by atoms with Crippen molar-refractivity contribution < 1.29 is 14.3 Å². The highest BCUT2D eigenvalue weighted by atomic mass is 16.5. The molecular formula is C17H35NO3. The molecule has 0 fully saturated rings. The average Bonchev–Trinajstić information content (AvgIpc) is 2.41. The minimum absolute atomic E-state index is 0.0461. The average molecular weight is 301 g/mol. The number of hydrogen-bond acceptors (Lipinski definition) is 3. The van der Waals surface area contributed by atoms with Crippen molar-refractivity contribution in [1.82, 2.24) is 5.32 Å². The van der Waals surface area contributed by atoms with Gasteiger partial charge in [0.2, 0.25) is 5.91 Å². The number of hydrogen-bond donors (Lipinski definition) is 1. The van der Waals surface area contributed by atoms with Crippen molar-refractivity contribution in [1.29, 1.82) is 0 Å². The van der Waals surface area contributed by atoms with Crippen LogP contribution in [0.5, 0.6) is 0 Å². The first-order valence-corrected chi connectivity index (χ1v) is 8.29. The van der Waals surface area contributed by atoms with Gasteiger partial charge in [0.25, 0.3) is 0 Å². The van der Waals surface area contributed by atoms with E-state index in [1.165, 1.54) is 6.42 Å². The van der Waals surface area contributed by atoms with E-state index in [0.717, 1.165) is 32.0 Å². The number of amides is 1. The Morgan fingerprint density at radius 1 is 1.10 bits per heavy atom. The summed E-state index contributed by atoms with van der Waals surface area (Å²) in [6.45, 7) is 14.3. The largest absolute Gasteiger partial charge is 0.381 e. The van der Waals surface area contributed by atoms with E-state index >= 15 is 0 Å². The Labute approximate surface area is 131 Å². The van der Waals surface area contributed by atoms with Crippen molar-refractivity contribution in [2.45, 2.75) is 60.3 Å². The van der Waals surface area contributed by atoms with Gasteiger partial charge in [-0.3, -0.25) is 4.79 Å². The highest BCUT2D eigenvalue weighted by Crippen LogP contribution is 2.16. The fourth-order valence-electron chi connectivity index (χ4n) is 1.86. The van der Waals surface area contributed by atoms with Crippen molar-refractivity contribution in [3.63, 3.8) is 0 Å². The molecule has 0 saturated heterocycles. The first-order valence-electron chi connectivity index (χ1n) is 8.29. The molecule has 0 atom stereocenters. The first kappa shape index (κ1) is 20.4. The van der Waals surface area contributed by atoms with Crippen LogP contribution in [0.3, 0.4) is 0 Å². The summed E-state index contributed by atoms with van der Waals surface area (Å²) in [6.07, 6.45) is 3.76. The molecule has 0 bridgehead atoms. The van der Waals surface area contributed by atoms with Crippen molar-refractivity contribution in [3.8, 4) is 0 Å². The summed E-state index contributed by atoms with van der Waals surface area (Å²) in [5, 5.41) is 2.84. The molecule has 0 saturated carbocycles. The lowest BCUT2D eigenvalue weighted by atomic mass is 9.96. The number of carbonyl (C=O) groups is 1. The predicted molar refractivity (Wildman–Crippen MR) is 87.4 cm³/mol. The highest BCUT2D eigenvalue weighted by Gasteiger charge is 2.18. The molecule has 0 aliphatic heterocycles. The number of ether oxygens (including phenoxy) is 2. The van der Waals surface area contributed by atoms with Gasteiger partial charge in [-0.1, -0.05) is 34.6 Å². The van der Waals surface area contributed by atoms with Crippen molar-refractivity contribution in [3.05, 3.63) is 0 Å². The monoisotopic (exact) mass is 301 g/mol. The Morgan fingerprint density at radius 2 is 1.67 bits per heavy atom. The van der Waals surface area contributed by atoms with E-state index in [9.17, 15) is 4.79 Å². The number of carbonyl (C=O) groups excluding carboxylic acids is 1. The van der Waals surface area contributed by atoms with E-state index in [1.54, 1.807) is 0 Å². The lowest BCUT2D eigenvalue weighted by molar-refractivity contribution is -0.120. The van der Waals surface area contributed by atoms with Gasteiger partial charge in [-0.25, -0.2) is 0 Å². The van der Waals surface area contributed by atoms with Crippen LogP contribution < -0.4 is 5.32 Å². The maximum absolute atomic E-state index is 11.0. The SMILES string of the molecule is CCC(=O)NCCCOCC(C)(C)COCCCC(C)C. The van der Waals surface area contributed by atoms with Crippen LogP contribution in [0.1, 0.15) is 60.3 Å². The molecule has 0 aromatic carbocycles. The molecule has 0 aliphatic carbocycles. The van der Waals surface area contributed by atoms with Gasteiger partial charge in [0.05, 0.1) is 13.2 Å². The van der Waals surface area contributed by atoms with Crippen LogP contribution in [0.25, 0.3) is 0 Å². The first-order chi connectivity index (χ1) is 9.87. The fraction of sp³-hybridized carbons (Fsp3) is 0.941. The van der Waals surface area contributed by atoms with Gasteiger partial charge in [0.1, 0.15) is 0 Å². The third kappa shape index (κ3) is 14.1. The Hall–Kier alpha value is -0.610. The van der Waals surface area contributed by atoms with Crippen LogP contribution in [0, 0.1) is 11.3 Å². The maximum atomic E-state index is 11.0. The summed E-state index contributed by atoms with van der Waals surface area (Å²) >= 11 is 0. The van der Waals surface area contributed by atoms with Gasteiger partial charge in [-0.05, 0) is 25.2 Å². The molecule has 1 amide bonds. The van der Waals surface area contributed by atoms with Crippen LogP contribution in [0.15, 0.2) is 0 Å². The second-order valence-electron chi connectivity index (χ2n) is 6.86. The van der Waals surface area contributed by atoms with E-state index in [0.29, 0.717) is 26.2 Å². The van der Waals surface area contributed by atoms with Crippen LogP contribution >= 0.6 is 0 Å². The smallest absolute Gasteiger partial charge is 0.219 e. The minimum atomic E-state index is 0.0461. The molecule has 0 unspecified atom stereocenters. The summed E-state index contributed by atoms with van der Waals surface area (Å²) in [5.74, 6) is 0.850. The molecule has 0 radical (unpaired) electrons. The van der Waals surface area contributed by atoms with E-state index < -0.39 is 0 Å². The Bertz CT molecular complexity index is 265. The predicted octanol–water partition coefficient (Wildman–Crippen LogP) is 3.40. The normalized spacial score (nSPS) is 11.9. The molecular weight excluding hydrogens is 266 g/mol. The summed E-state index contributed by atoms with van der Waals surface area (Å²) < 4.78 is 11.4. The molecule has 0 rings (SSSR count). The van der Waals surface area contributed by atoms with E-state index in [2.05, 4.69) is 33.0 Å². The Balaban J connectivity index is 3.48. The quantitative estimate of drug-likeness (QED) is 0.530. The maximum Gasteiger partial charge on any atom is 0.219 e. The van der Waals surface area contributed by atoms with Gasteiger partial charge in [-0.2, -0.15) is 0 Å². The topological polar surface area (TPSA) is 47.6 Å². The molecule has 0 aromatic heterocycles. The minimum Gasteiger partial charge on any atom is -0.381 e. The second-order valence-corrected chi connectivity index (χ2v) is 6.86. The summed E-state index contributed by atoms with van der Waals surface area (Å²) in [4.78, 5) is 11.0. The van der Waals surface area contributed by atoms with E-state index in [1.807, 2.05) is 6.92 Å². The van der Waals surface area contributed by atoms with Crippen molar-refractivity contribution in [2.75, 3.05) is 33.0 Å². The third-order valence-electron chi connectivity index (χ3n) is 3.16. The van der Waals surface area contributed by atoms with Crippen LogP contribution in [-0.4, -0.2) is 38.9 Å². The zero-order valence-electron chi connectivity index (χ0n) is 14.7. The third-order valence-corrected chi connectivity index (χ3v) is 3.16. The molecule has 0 heterocycles. The van der Waals surface area contributed by atoms with E-state index in [-0.39, 0.29) is 11.3 Å². The van der Waals surface area contributed by atoms with Crippen LogP contribution in [-0.2, 0) is 14.3 Å². The van der Waals surface area contributed by atoms with Crippen LogP contribution in [0.2, 0.25) is 0 Å². The van der Waals surface area contributed by atoms with Gasteiger partial charge in [0.15, 0.2) is 0 Å². The number of rotatable bonds is 13. The van der Waals surface area contributed by atoms with E-state index in [4.69, 9.17) is 9.47 Å². The summed E-state index contributed by atoms with van der Waals surface area (Å²) in [7, 11) is 0. The molecule has 0 aromatic rings. The lowest BCUT2D eigenvalue weighted by Crippen LogP contribution is -2.27. The van der Waals surface area contributed by atoms with Gasteiger partial charge in [-0.15, -0.1) is 0 Å². The van der Waals surface area contributed by atoms with Crippen molar-refractivity contribution >= 4 is 5.91 Å². The lowest BCUT2D eigenvalue weighted by Gasteiger charge is -2.24. The standard InChI is InChI=1S/C17H35NO3/c1-6-16(19)18-10-8-12-21-14-17(4,5)13-20-11-7-9-15(2)3/h15H,6-14H2,1-5H3,(H,18,19). The summed E-state index contributed by atoms with van der Waals surface area (Å²) in [6, 6.07) is 0. The Kier molecular flexibility index (Phi) is 11.6. The zero-order chi connectivity index (χ0) is 16.1. The molecule has 1 N–H and O–H groups in total. The molecule has 4 nitrogen and oxygen atoms in total. The van der Waals surface area contributed by atoms with Crippen LogP contribution in [0.4, 0.5) is 0 Å². The molecule has 4 heteroatoms.